The first-order valence-corrected chi connectivity index (χ1v) is 5.04. The lowest BCUT2D eigenvalue weighted by Crippen LogP contribution is -2.15. The number of ether oxygens (including phenoxy) is 1. The maximum atomic E-state index is 5.17. The van der Waals surface area contributed by atoms with Gasteiger partial charge in [0.1, 0.15) is 12.4 Å². The maximum absolute atomic E-state index is 5.17. The van der Waals surface area contributed by atoms with Crippen LogP contribution in [0.15, 0.2) is 12.4 Å². The number of hydrogen-bond acceptors (Lipinski definition) is 2. The SMILES string of the molecule is CC.CC.c1cn2c(n1)COCC2. The van der Waals surface area contributed by atoms with Crippen LogP contribution in [0.25, 0.3) is 0 Å². The largest absolute Gasteiger partial charge is 0.372 e. The van der Waals surface area contributed by atoms with Crippen molar-refractivity contribution in [3.05, 3.63) is 18.2 Å². The number of fused-ring (bicyclic) bond motifs is 1. The van der Waals surface area contributed by atoms with E-state index < -0.39 is 0 Å². The highest BCUT2D eigenvalue weighted by molar-refractivity contribution is 4.91. The zero-order valence-electron chi connectivity index (χ0n) is 9.08. The van der Waals surface area contributed by atoms with Crippen LogP contribution in [0.4, 0.5) is 0 Å². The predicted molar refractivity (Wildman–Crippen MR) is 54.6 cm³/mol. The Hall–Kier alpha value is -0.830. The summed E-state index contributed by atoms with van der Waals surface area (Å²) in [6.45, 7) is 10.5. The third-order valence-corrected chi connectivity index (χ3v) is 1.51. The summed E-state index contributed by atoms with van der Waals surface area (Å²) in [5.74, 6) is 1.04. The van der Waals surface area contributed by atoms with Crippen molar-refractivity contribution in [2.75, 3.05) is 6.61 Å². The Morgan fingerprint density at radius 2 is 2.00 bits per heavy atom. The van der Waals surface area contributed by atoms with Crippen LogP contribution in [0.2, 0.25) is 0 Å². The molecule has 0 atom stereocenters. The minimum atomic E-state index is 0.674. The number of rotatable bonds is 0. The van der Waals surface area contributed by atoms with Gasteiger partial charge in [-0.05, 0) is 0 Å². The molecular weight excluding hydrogens is 164 g/mol. The lowest BCUT2D eigenvalue weighted by Gasteiger charge is -2.13. The lowest BCUT2D eigenvalue weighted by atomic mass is 10.5. The van der Waals surface area contributed by atoms with E-state index in [0.29, 0.717) is 6.61 Å². The van der Waals surface area contributed by atoms with Gasteiger partial charge in [0.2, 0.25) is 0 Å². The highest BCUT2D eigenvalue weighted by Gasteiger charge is 2.06. The molecule has 0 saturated carbocycles. The summed E-state index contributed by atoms with van der Waals surface area (Å²) in [6.07, 6.45) is 3.79. The Morgan fingerprint density at radius 3 is 2.62 bits per heavy atom. The number of aromatic nitrogens is 2. The molecule has 0 aliphatic carbocycles. The summed E-state index contributed by atoms with van der Waals surface area (Å²) in [6, 6.07) is 0. The van der Waals surface area contributed by atoms with Crippen LogP contribution in [0.3, 0.4) is 0 Å². The molecule has 1 aliphatic rings. The van der Waals surface area contributed by atoms with E-state index in [1.54, 1.807) is 0 Å². The van der Waals surface area contributed by atoms with E-state index >= 15 is 0 Å². The van der Waals surface area contributed by atoms with Crippen LogP contribution in [-0.2, 0) is 17.9 Å². The zero-order chi connectivity index (χ0) is 10.1. The fourth-order valence-corrected chi connectivity index (χ4v) is 1.01. The molecule has 0 amide bonds. The van der Waals surface area contributed by atoms with Crippen molar-refractivity contribution < 1.29 is 4.74 Å². The first kappa shape index (κ1) is 12.2. The van der Waals surface area contributed by atoms with Crippen LogP contribution in [0, 0.1) is 0 Å². The van der Waals surface area contributed by atoms with Gasteiger partial charge in [0.15, 0.2) is 0 Å². The van der Waals surface area contributed by atoms with Crippen molar-refractivity contribution in [3.63, 3.8) is 0 Å². The standard InChI is InChI=1S/C6H8N2O.2C2H6/c1-2-8-3-4-9-5-6(8)7-1;2*1-2/h1-2H,3-5H2;2*1-2H3. The molecule has 0 N–H and O–H groups in total. The first-order chi connectivity index (χ1) is 6.47. The second-order valence-corrected chi connectivity index (χ2v) is 2.09. The topological polar surface area (TPSA) is 27.1 Å². The molecule has 2 rings (SSSR count). The molecule has 0 radical (unpaired) electrons. The minimum Gasteiger partial charge on any atom is -0.372 e. The summed E-state index contributed by atoms with van der Waals surface area (Å²) >= 11 is 0. The van der Waals surface area contributed by atoms with Crippen molar-refractivity contribution in [1.82, 2.24) is 9.55 Å². The molecule has 1 aromatic heterocycles. The molecular formula is C10H20N2O. The molecule has 0 aromatic carbocycles. The zero-order valence-corrected chi connectivity index (χ0v) is 9.08. The number of imidazole rings is 1. The van der Waals surface area contributed by atoms with Gasteiger partial charge in [0, 0.05) is 18.9 Å². The average molecular weight is 184 g/mol. The van der Waals surface area contributed by atoms with Gasteiger partial charge in [-0.3, -0.25) is 0 Å². The van der Waals surface area contributed by atoms with Gasteiger partial charge >= 0.3 is 0 Å². The molecule has 1 aliphatic heterocycles. The molecule has 76 valence electrons. The van der Waals surface area contributed by atoms with Gasteiger partial charge in [-0.2, -0.15) is 0 Å². The summed E-state index contributed by atoms with van der Waals surface area (Å²) in [7, 11) is 0. The molecule has 2 heterocycles. The normalized spacial score (nSPS) is 12.9. The third kappa shape index (κ3) is 3.59. The van der Waals surface area contributed by atoms with Crippen molar-refractivity contribution in [2.45, 2.75) is 40.8 Å². The van der Waals surface area contributed by atoms with Gasteiger partial charge in [-0.1, -0.05) is 27.7 Å². The van der Waals surface area contributed by atoms with Crippen LogP contribution < -0.4 is 0 Å². The van der Waals surface area contributed by atoms with Crippen molar-refractivity contribution in [3.8, 4) is 0 Å². The molecule has 0 unspecified atom stereocenters. The van der Waals surface area contributed by atoms with E-state index in [9.17, 15) is 0 Å². The van der Waals surface area contributed by atoms with E-state index in [2.05, 4.69) is 9.55 Å². The van der Waals surface area contributed by atoms with E-state index in [4.69, 9.17) is 4.74 Å². The fourth-order valence-electron chi connectivity index (χ4n) is 1.01. The summed E-state index contributed by atoms with van der Waals surface area (Å²) < 4.78 is 7.29. The minimum absolute atomic E-state index is 0.674. The van der Waals surface area contributed by atoms with Gasteiger partial charge in [-0.15, -0.1) is 0 Å². The molecule has 1 aromatic rings. The Bertz CT molecular complexity index is 188. The molecule has 0 bridgehead atoms. The van der Waals surface area contributed by atoms with Crippen molar-refractivity contribution >= 4 is 0 Å². The van der Waals surface area contributed by atoms with Gasteiger partial charge in [0.05, 0.1) is 6.61 Å². The summed E-state index contributed by atoms with van der Waals surface area (Å²) in [5, 5.41) is 0. The first-order valence-electron chi connectivity index (χ1n) is 5.04. The Labute approximate surface area is 80.7 Å². The van der Waals surface area contributed by atoms with E-state index in [1.807, 2.05) is 40.1 Å². The van der Waals surface area contributed by atoms with Gasteiger partial charge < -0.3 is 9.30 Å². The van der Waals surface area contributed by atoms with E-state index in [1.165, 1.54) is 0 Å². The molecule has 0 saturated heterocycles. The molecule has 3 nitrogen and oxygen atoms in total. The number of hydrogen-bond donors (Lipinski definition) is 0. The van der Waals surface area contributed by atoms with Crippen molar-refractivity contribution in [2.24, 2.45) is 0 Å². The molecule has 13 heavy (non-hydrogen) atoms. The number of nitrogens with zero attached hydrogens (tertiary/aromatic N) is 2. The van der Waals surface area contributed by atoms with Crippen LogP contribution in [-0.4, -0.2) is 16.2 Å². The quantitative estimate of drug-likeness (QED) is 0.619. The highest BCUT2D eigenvalue weighted by atomic mass is 16.5. The highest BCUT2D eigenvalue weighted by Crippen LogP contribution is 2.04. The predicted octanol–water partition coefficient (Wildman–Crippen LogP) is 2.47. The molecule has 0 spiro atoms. The van der Waals surface area contributed by atoms with E-state index in [-0.39, 0.29) is 0 Å². The summed E-state index contributed by atoms with van der Waals surface area (Å²) in [4.78, 5) is 4.09. The third-order valence-electron chi connectivity index (χ3n) is 1.51. The Balaban J connectivity index is 0.000000322. The smallest absolute Gasteiger partial charge is 0.134 e. The summed E-state index contributed by atoms with van der Waals surface area (Å²) in [5.41, 5.74) is 0. The second-order valence-electron chi connectivity index (χ2n) is 2.09. The second kappa shape index (κ2) is 7.80. The van der Waals surface area contributed by atoms with Crippen LogP contribution in [0.5, 0.6) is 0 Å². The molecule has 0 fully saturated rings. The monoisotopic (exact) mass is 184 g/mol. The van der Waals surface area contributed by atoms with Gasteiger partial charge in [-0.25, -0.2) is 4.98 Å². The Kier molecular flexibility index (Phi) is 7.30. The van der Waals surface area contributed by atoms with Crippen molar-refractivity contribution in [1.29, 1.82) is 0 Å². The maximum Gasteiger partial charge on any atom is 0.134 e. The van der Waals surface area contributed by atoms with Crippen LogP contribution in [0.1, 0.15) is 33.5 Å². The Morgan fingerprint density at radius 1 is 1.31 bits per heavy atom. The average Bonchev–Trinajstić information content (AvgIpc) is 2.71. The van der Waals surface area contributed by atoms with E-state index in [0.717, 1.165) is 19.0 Å². The fraction of sp³-hybridized carbons (Fsp3) is 0.700. The lowest BCUT2D eigenvalue weighted by molar-refractivity contribution is 0.0816. The van der Waals surface area contributed by atoms with Gasteiger partial charge in [0.25, 0.3) is 0 Å². The van der Waals surface area contributed by atoms with Crippen LogP contribution >= 0.6 is 0 Å². The molecule has 3 heteroatoms.